The van der Waals surface area contributed by atoms with Crippen LogP contribution in [-0.2, 0) is 4.74 Å². The molecule has 0 amide bonds. The van der Waals surface area contributed by atoms with Crippen molar-refractivity contribution < 1.29 is 9.53 Å². The minimum absolute atomic E-state index is 0.292. The largest absolute Gasteiger partial charge is 0.453 e. The van der Waals surface area contributed by atoms with Crippen LogP contribution < -0.4 is 0 Å². The molecule has 0 aliphatic carbocycles. The fraction of sp³-hybridized carbons (Fsp3) is 0.143. The van der Waals surface area contributed by atoms with E-state index in [0.29, 0.717) is 10.3 Å². The summed E-state index contributed by atoms with van der Waals surface area (Å²) in [6.07, 6.45) is -0.292. The Morgan fingerprint density at radius 1 is 1.17 bits per heavy atom. The summed E-state index contributed by atoms with van der Waals surface area (Å²) in [4.78, 5) is 15.9. The molecular formula is C14H12BrNO2. The van der Waals surface area contributed by atoms with E-state index in [1.807, 2.05) is 37.3 Å². The molecule has 0 radical (unpaired) electrons. The zero-order valence-electron chi connectivity index (χ0n) is 9.84. The Morgan fingerprint density at radius 2 is 1.89 bits per heavy atom. The first-order valence-corrected chi connectivity index (χ1v) is 6.34. The second-order valence-electron chi connectivity index (χ2n) is 3.80. The van der Waals surface area contributed by atoms with Crippen LogP contribution in [0.5, 0.6) is 0 Å². The highest BCUT2D eigenvalue weighted by Gasteiger charge is 2.14. The molecule has 2 rings (SSSR count). The normalized spacial score (nSPS) is 11.9. The van der Waals surface area contributed by atoms with Crippen LogP contribution in [0, 0.1) is 0 Å². The summed E-state index contributed by atoms with van der Waals surface area (Å²) >= 11 is 3.22. The van der Waals surface area contributed by atoms with Gasteiger partial charge in [-0.2, -0.15) is 0 Å². The van der Waals surface area contributed by atoms with Crippen molar-refractivity contribution in [1.82, 2.24) is 4.98 Å². The van der Waals surface area contributed by atoms with Gasteiger partial charge in [-0.3, -0.25) is 0 Å². The van der Waals surface area contributed by atoms with Crippen LogP contribution in [0.2, 0.25) is 0 Å². The van der Waals surface area contributed by atoms with Crippen molar-refractivity contribution >= 4 is 21.9 Å². The van der Waals surface area contributed by atoms with E-state index in [4.69, 9.17) is 4.74 Å². The van der Waals surface area contributed by atoms with Gasteiger partial charge in [-0.05, 0) is 40.5 Å². The molecule has 0 N–H and O–H groups in total. The van der Waals surface area contributed by atoms with E-state index in [-0.39, 0.29) is 6.10 Å². The van der Waals surface area contributed by atoms with Crippen molar-refractivity contribution in [2.45, 2.75) is 13.0 Å². The van der Waals surface area contributed by atoms with Crippen molar-refractivity contribution in [2.75, 3.05) is 0 Å². The predicted molar refractivity (Wildman–Crippen MR) is 72.2 cm³/mol. The molecule has 2 aromatic rings. The van der Waals surface area contributed by atoms with Gasteiger partial charge in [0, 0.05) is 0 Å². The molecule has 0 aliphatic heterocycles. The molecule has 0 fully saturated rings. The highest BCUT2D eigenvalue weighted by molar-refractivity contribution is 9.10. The van der Waals surface area contributed by atoms with E-state index < -0.39 is 5.97 Å². The van der Waals surface area contributed by atoms with Crippen molar-refractivity contribution in [2.24, 2.45) is 0 Å². The molecule has 1 aromatic carbocycles. The smallest absolute Gasteiger partial charge is 0.357 e. The number of aromatic nitrogens is 1. The second kappa shape index (κ2) is 5.78. The van der Waals surface area contributed by atoms with Gasteiger partial charge in [0.2, 0.25) is 0 Å². The SMILES string of the molecule is CC(OC(=O)c1cccc(Br)n1)c1ccccc1. The molecule has 3 nitrogen and oxygen atoms in total. The van der Waals surface area contributed by atoms with Gasteiger partial charge in [0.25, 0.3) is 0 Å². The van der Waals surface area contributed by atoms with Gasteiger partial charge in [0.05, 0.1) is 0 Å². The van der Waals surface area contributed by atoms with Crippen molar-refractivity contribution in [3.63, 3.8) is 0 Å². The van der Waals surface area contributed by atoms with Crippen molar-refractivity contribution in [3.8, 4) is 0 Å². The number of pyridine rings is 1. The number of ether oxygens (including phenoxy) is 1. The Labute approximate surface area is 114 Å². The van der Waals surface area contributed by atoms with Crippen LogP contribution >= 0.6 is 15.9 Å². The summed E-state index contributed by atoms with van der Waals surface area (Å²) in [5, 5.41) is 0. The van der Waals surface area contributed by atoms with Crippen LogP contribution in [0.15, 0.2) is 53.1 Å². The third-order valence-electron chi connectivity index (χ3n) is 2.48. The van der Waals surface area contributed by atoms with Gasteiger partial charge in [0.15, 0.2) is 0 Å². The Bertz CT molecular complexity index is 543. The Kier molecular flexibility index (Phi) is 4.10. The first-order valence-electron chi connectivity index (χ1n) is 5.55. The zero-order chi connectivity index (χ0) is 13.0. The number of rotatable bonds is 3. The summed E-state index contributed by atoms with van der Waals surface area (Å²) in [5.74, 6) is -0.423. The Balaban J connectivity index is 2.08. The first kappa shape index (κ1) is 12.8. The highest BCUT2D eigenvalue weighted by atomic mass is 79.9. The van der Waals surface area contributed by atoms with Gasteiger partial charge in [-0.1, -0.05) is 36.4 Å². The Morgan fingerprint density at radius 3 is 2.56 bits per heavy atom. The van der Waals surface area contributed by atoms with Crippen molar-refractivity contribution in [3.05, 3.63) is 64.4 Å². The van der Waals surface area contributed by atoms with Crippen LogP contribution in [-0.4, -0.2) is 11.0 Å². The van der Waals surface area contributed by atoms with E-state index in [2.05, 4.69) is 20.9 Å². The number of halogens is 1. The second-order valence-corrected chi connectivity index (χ2v) is 4.62. The molecular weight excluding hydrogens is 294 g/mol. The van der Waals surface area contributed by atoms with Crippen LogP contribution in [0.4, 0.5) is 0 Å². The Hall–Kier alpha value is -1.68. The zero-order valence-corrected chi connectivity index (χ0v) is 11.4. The molecule has 0 bridgehead atoms. The molecule has 92 valence electrons. The maximum Gasteiger partial charge on any atom is 0.357 e. The monoisotopic (exact) mass is 305 g/mol. The van der Waals surface area contributed by atoms with Gasteiger partial charge < -0.3 is 4.74 Å². The number of hydrogen-bond donors (Lipinski definition) is 0. The van der Waals surface area contributed by atoms with Crippen molar-refractivity contribution in [1.29, 1.82) is 0 Å². The predicted octanol–water partition coefficient (Wildman–Crippen LogP) is 3.76. The molecule has 1 atom stereocenters. The van der Waals surface area contributed by atoms with E-state index >= 15 is 0 Å². The average molecular weight is 306 g/mol. The lowest BCUT2D eigenvalue weighted by Crippen LogP contribution is -2.10. The number of hydrogen-bond acceptors (Lipinski definition) is 3. The topological polar surface area (TPSA) is 39.2 Å². The standard InChI is InChI=1S/C14H12BrNO2/c1-10(11-6-3-2-4-7-11)18-14(17)12-8-5-9-13(15)16-12/h2-10H,1H3. The van der Waals surface area contributed by atoms with Crippen LogP contribution in [0.25, 0.3) is 0 Å². The third-order valence-corrected chi connectivity index (χ3v) is 2.92. The third kappa shape index (κ3) is 3.17. The molecule has 18 heavy (non-hydrogen) atoms. The molecule has 1 heterocycles. The first-order chi connectivity index (χ1) is 8.66. The summed E-state index contributed by atoms with van der Waals surface area (Å²) in [6.45, 7) is 1.84. The summed E-state index contributed by atoms with van der Waals surface area (Å²) < 4.78 is 5.97. The number of carbonyl (C=O) groups is 1. The molecule has 1 aromatic heterocycles. The lowest BCUT2D eigenvalue weighted by molar-refractivity contribution is 0.0330. The highest BCUT2D eigenvalue weighted by Crippen LogP contribution is 2.18. The lowest BCUT2D eigenvalue weighted by atomic mass is 10.1. The average Bonchev–Trinajstić information content (AvgIpc) is 2.39. The van der Waals surface area contributed by atoms with Crippen LogP contribution in [0.3, 0.4) is 0 Å². The summed E-state index contributed by atoms with van der Waals surface area (Å²) in [7, 11) is 0. The number of carbonyl (C=O) groups excluding carboxylic acids is 1. The fourth-order valence-corrected chi connectivity index (χ4v) is 1.88. The van der Waals surface area contributed by atoms with Gasteiger partial charge in [-0.15, -0.1) is 0 Å². The minimum Gasteiger partial charge on any atom is -0.453 e. The van der Waals surface area contributed by atoms with E-state index in [0.717, 1.165) is 5.56 Å². The van der Waals surface area contributed by atoms with E-state index in [1.165, 1.54) is 0 Å². The summed E-state index contributed by atoms with van der Waals surface area (Å²) in [6, 6.07) is 14.7. The van der Waals surface area contributed by atoms with E-state index in [1.54, 1.807) is 18.2 Å². The fourth-order valence-electron chi connectivity index (χ4n) is 1.53. The van der Waals surface area contributed by atoms with E-state index in [9.17, 15) is 4.79 Å². The minimum atomic E-state index is -0.423. The number of benzene rings is 1. The number of esters is 1. The van der Waals surface area contributed by atoms with Gasteiger partial charge >= 0.3 is 5.97 Å². The molecule has 1 unspecified atom stereocenters. The van der Waals surface area contributed by atoms with Gasteiger partial charge in [-0.25, -0.2) is 9.78 Å². The van der Waals surface area contributed by atoms with Gasteiger partial charge in [0.1, 0.15) is 16.4 Å². The summed E-state index contributed by atoms with van der Waals surface area (Å²) in [5.41, 5.74) is 1.26. The molecule has 0 spiro atoms. The molecule has 0 aliphatic rings. The molecule has 4 heteroatoms. The maximum atomic E-state index is 11.9. The maximum absolute atomic E-state index is 11.9. The molecule has 0 saturated carbocycles. The quantitative estimate of drug-likeness (QED) is 0.640. The number of nitrogens with zero attached hydrogens (tertiary/aromatic N) is 1. The molecule has 0 saturated heterocycles. The lowest BCUT2D eigenvalue weighted by Gasteiger charge is -2.13. The van der Waals surface area contributed by atoms with Crippen LogP contribution in [0.1, 0.15) is 29.1 Å².